The fourth-order valence-corrected chi connectivity index (χ4v) is 2.87. The molecule has 0 saturated heterocycles. The number of hydrogen-bond acceptors (Lipinski definition) is 3. The largest absolute Gasteiger partial charge is 0.352 e. The number of nitrogens with one attached hydrogen (secondary N) is 2. The van der Waals surface area contributed by atoms with Crippen LogP contribution in [0.25, 0.3) is 0 Å². The van der Waals surface area contributed by atoms with Crippen LogP contribution in [0.15, 0.2) is 18.6 Å². The van der Waals surface area contributed by atoms with E-state index in [0.29, 0.717) is 18.0 Å². The number of hydrogen-bond donors (Lipinski definition) is 2. The summed E-state index contributed by atoms with van der Waals surface area (Å²) in [4.78, 5) is 16.6. The second-order valence-corrected chi connectivity index (χ2v) is 5.62. The molecule has 6 heteroatoms. The molecule has 1 aliphatic rings. The van der Waals surface area contributed by atoms with Gasteiger partial charge < -0.3 is 9.88 Å². The summed E-state index contributed by atoms with van der Waals surface area (Å²) in [5.74, 6) is 1.56. The average molecular weight is 287 g/mol. The monoisotopic (exact) mass is 287 g/mol. The van der Waals surface area contributed by atoms with Crippen molar-refractivity contribution in [3.8, 4) is 0 Å². The fourth-order valence-electron chi connectivity index (χ4n) is 2.87. The molecule has 21 heavy (non-hydrogen) atoms. The number of amides is 1. The van der Waals surface area contributed by atoms with Crippen molar-refractivity contribution in [3.05, 3.63) is 35.7 Å². The van der Waals surface area contributed by atoms with Crippen molar-refractivity contribution in [2.45, 2.75) is 39.2 Å². The maximum absolute atomic E-state index is 12.2. The van der Waals surface area contributed by atoms with E-state index >= 15 is 0 Å². The van der Waals surface area contributed by atoms with Crippen LogP contribution in [0.3, 0.4) is 0 Å². The maximum atomic E-state index is 12.2. The minimum atomic E-state index is -0.0267. The third-order valence-corrected chi connectivity index (χ3v) is 4.07. The predicted molar refractivity (Wildman–Crippen MR) is 79.0 cm³/mol. The van der Waals surface area contributed by atoms with Crippen LogP contribution in [-0.2, 0) is 19.4 Å². The SMILES string of the molecule is CCCc1[nH]ncc1C(=O)NCC1CCn2ccnc2C1. The van der Waals surface area contributed by atoms with Crippen LogP contribution in [0, 0.1) is 5.92 Å². The number of H-pyrrole nitrogens is 1. The first kappa shape index (κ1) is 13.9. The molecule has 0 spiro atoms. The Morgan fingerprint density at radius 1 is 1.57 bits per heavy atom. The lowest BCUT2D eigenvalue weighted by Crippen LogP contribution is -2.33. The minimum absolute atomic E-state index is 0.0267. The molecule has 0 aliphatic carbocycles. The molecule has 0 bridgehead atoms. The zero-order valence-corrected chi connectivity index (χ0v) is 12.3. The third-order valence-electron chi connectivity index (χ3n) is 4.07. The Morgan fingerprint density at radius 2 is 2.48 bits per heavy atom. The van der Waals surface area contributed by atoms with Gasteiger partial charge in [-0.3, -0.25) is 9.89 Å². The Kier molecular flexibility index (Phi) is 4.03. The van der Waals surface area contributed by atoms with E-state index in [1.54, 1.807) is 6.20 Å². The van der Waals surface area contributed by atoms with Crippen LogP contribution in [0.5, 0.6) is 0 Å². The summed E-state index contributed by atoms with van der Waals surface area (Å²) in [6.45, 7) is 3.78. The number of imidazole rings is 1. The molecule has 0 saturated carbocycles. The standard InChI is InChI=1S/C15H21N5O/c1-2-3-13-12(10-18-19-13)15(21)17-9-11-4-6-20-7-5-16-14(20)8-11/h5,7,10-11H,2-4,6,8-9H2,1H3,(H,17,21)(H,18,19). The van der Waals surface area contributed by atoms with Crippen LogP contribution in [-0.4, -0.2) is 32.2 Å². The summed E-state index contributed by atoms with van der Waals surface area (Å²) in [7, 11) is 0. The zero-order valence-electron chi connectivity index (χ0n) is 12.3. The summed E-state index contributed by atoms with van der Waals surface area (Å²) in [5.41, 5.74) is 1.60. The van der Waals surface area contributed by atoms with Gasteiger partial charge in [0, 0.05) is 37.6 Å². The first-order valence-electron chi connectivity index (χ1n) is 7.58. The molecule has 2 N–H and O–H groups in total. The molecule has 0 aromatic carbocycles. The van der Waals surface area contributed by atoms with E-state index < -0.39 is 0 Å². The Labute approximate surface area is 124 Å². The van der Waals surface area contributed by atoms with Gasteiger partial charge >= 0.3 is 0 Å². The maximum Gasteiger partial charge on any atom is 0.254 e. The van der Waals surface area contributed by atoms with Crippen molar-refractivity contribution < 1.29 is 4.79 Å². The summed E-state index contributed by atoms with van der Waals surface area (Å²) < 4.78 is 2.19. The van der Waals surface area contributed by atoms with Crippen LogP contribution in [0.4, 0.5) is 0 Å². The molecule has 112 valence electrons. The van der Waals surface area contributed by atoms with E-state index in [0.717, 1.165) is 43.7 Å². The number of fused-ring (bicyclic) bond motifs is 1. The van der Waals surface area contributed by atoms with Gasteiger partial charge in [0.25, 0.3) is 5.91 Å². The minimum Gasteiger partial charge on any atom is -0.352 e. The number of nitrogens with zero attached hydrogens (tertiary/aromatic N) is 3. The van der Waals surface area contributed by atoms with E-state index in [4.69, 9.17) is 0 Å². The van der Waals surface area contributed by atoms with Crippen molar-refractivity contribution in [3.63, 3.8) is 0 Å². The smallest absolute Gasteiger partial charge is 0.254 e. The van der Waals surface area contributed by atoms with Crippen LogP contribution in [0.2, 0.25) is 0 Å². The lowest BCUT2D eigenvalue weighted by Gasteiger charge is -2.23. The van der Waals surface area contributed by atoms with Crippen molar-refractivity contribution in [2.75, 3.05) is 6.54 Å². The summed E-state index contributed by atoms with van der Waals surface area (Å²) in [5, 5.41) is 9.93. The Balaban J connectivity index is 1.56. The van der Waals surface area contributed by atoms with E-state index in [9.17, 15) is 4.79 Å². The van der Waals surface area contributed by atoms with Crippen LogP contribution >= 0.6 is 0 Å². The highest BCUT2D eigenvalue weighted by Crippen LogP contribution is 2.18. The van der Waals surface area contributed by atoms with Gasteiger partial charge in [-0.2, -0.15) is 5.10 Å². The van der Waals surface area contributed by atoms with Crippen molar-refractivity contribution in [1.29, 1.82) is 0 Å². The van der Waals surface area contributed by atoms with Gasteiger partial charge in [-0.05, 0) is 18.8 Å². The number of rotatable bonds is 5. The highest BCUT2D eigenvalue weighted by Gasteiger charge is 2.20. The molecule has 1 atom stereocenters. The van der Waals surface area contributed by atoms with Gasteiger partial charge in [0.05, 0.1) is 11.8 Å². The Hall–Kier alpha value is -2.11. The summed E-state index contributed by atoms with van der Waals surface area (Å²) in [6, 6.07) is 0. The quantitative estimate of drug-likeness (QED) is 0.876. The van der Waals surface area contributed by atoms with Gasteiger partial charge in [0.15, 0.2) is 0 Å². The third kappa shape index (κ3) is 2.99. The fraction of sp³-hybridized carbons (Fsp3) is 0.533. The predicted octanol–water partition coefficient (Wildman–Crippen LogP) is 1.55. The molecule has 1 unspecified atom stereocenters. The number of aryl methyl sites for hydroxylation is 2. The highest BCUT2D eigenvalue weighted by molar-refractivity contribution is 5.95. The lowest BCUT2D eigenvalue weighted by atomic mass is 9.97. The van der Waals surface area contributed by atoms with Gasteiger partial charge in [-0.15, -0.1) is 0 Å². The van der Waals surface area contributed by atoms with Gasteiger partial charge in [0.2, 0.25) is 0 Å². The number of carbonyl (C=O) groups excluding carboxylic acids is 1. The molecule has 2 aromatic heterocycles. The average Bonchev–Trinajstić information content (AvgIpc) is 3.13. The van der Waals surface area contributed by atoms with Crippen LogP contribution in [0.1, 0.15) is 41.6 Å². The molecule has 3 rings (SSSR count). The second kappa shape index (κ2) is 6.11. The summed E-state index contributed by atoms with van der Waals surface area (Å²) in [6.07, 6.45) is 9.34. The van der Waals surface area contributed by atoms with Crippen molar-refractivity contribution in [2.24, 2.45) is 5.92 Å². The highest BCUT2D eigenvalue weighted by atomic mass is 16.1. The molecule has 3 heterocycles. The van der Waals surface area contributed by atoms with Crippen LogP contribution < -0.4 is 5.32 Å². The van der Waals surface area contributed by atoms with Crippen molar-refractivity contribution >= 4 is 5.91 Å². The molecule has 2 aromatic rings. The first-order valence-corrected chi connectivity index (χ1v) is 7.58. The molecule has 0 fully saturated rings. The number of aromatic amines is 1. The first-order chi connectivity index (χ1) is 10.3. The van der Waals surface area contributed by atoms with E-state index in [1.165, 1.54) is 0 Å². The van der Waals surface area contributed by atoms with E-state index in [2.05, 4.69) is 32.0 Å². The second-order valence-electron chi connectivity index (χ2n) is 5.62. The molecule has 0 radical (unpaired) electrons. The normalized spacial score (nSPS) is 17.5. The molecule has 1 amide bonds. The molecule has 6 nitrogen and oxygen atoms in total. The summed E-state index contributed by atoms with van der Waals surface area (Å²) >= 11 is 0. The Bertz CT molecular complexity index is 615. The number of aromatic nitrogens is 4. The molecule has 1 aliphatic heterocycles. The van der Waals surface area contributed by atoms with Gasteiger partial charge in [-0.1, -0.05) is 13.3 Å². The van der Waals surface area contributed by atoms with Gasteiger partial charge in [0.1, 0.15) is 5.82 Å². The number of carbonyl (C=O) groups is 1. The topological polar surface area (TPSA) is 75.6 Å². The van der Waals surface area contributed by atoms with E-state index in [-0.39, 0.29) is 5.91 Å². The van der Waals surface area contributed by atoms with E-state index in [1.807, 2.05) is 12.4 Å². The molecular weight excluding hydrogens is 266 g/mol. The van der Waals surface area contributed by atoms with Crippen molar-refractivity contribution in [1.82, 2.24) is 25.1 Å². The Morgan fingerprint density at radius 3 is 3.33 bits per heavy atom. The zero-order chi connectivity index (χ0) is 14.7. The lowest BCUT2D eigenvalue weighted by molar-refractivity contribution is 0.0943. The molecular formula is C15H21N5O. The van der Waals surface area contributed by atoms with Gasteiger partial charge in [-0.25, -0.2) is 4.98 Å².